The number of hydrogen-bond acceptors (Lipinski definition) is 2. The van der Waals surface area contributed by atoms with Gasteiger partial charge in [0.15, 0.2) is 0 Å². The van der Waals surface area contributed by atoms with Crippen molar-refractivity contribution in [2.24, 2.45) is 5.73 Å². The van der Waals surface area contributed by atoms with Crippen LogP contribution in [0.4, 0.5) is 0 Å². The van der Waals surface area contributed by atoms with Gasteiger partial charge in [0.25, 0.3) is 0 Å². The molecule has 1 nitrogen and oxygen atoms in total. The maximum atomic E-state index is 6.63. The van der Waals surface area contributed by atoms with E-state index in [-0.39, 0.29) is 5.54 Å². The number of hydrogen-bond donors (Lipinski definition) is 1. The van der Waals surface area contributed by atoms with E-state index >= 15 is 0 Å². The molecule has 102 valence electrons. The van der Waals surface area contributed by atoms with Crippen LogP contribution in [-0.4, -0.2) is 0 Å². The van der Waals surface area contributed by atoms with Crippen molar-refractivity contribution < 1.29 is 0 Å². The smallest absolute Gasteiger partial charge is 0.0424 e. The van der Waals surface area contributed by atoms with E-state index in [2.05, 4.69) is 67.8 Å². The van der Waals surface area contributed by atoms with Crippen molar-refractivity contribution in [1.29, 1.82) is 0 Å². The molecule has 1 atom stereocenters. The average molecular weight is 281 g/mol. The molecule has 1 aromatic heterocycles. The zero-order valence-corrected chi connectivity index (χ0v) is 12.7. The molecular formula is C18H19NS. The van der Waals surface area contributed by atoms with Crippen molar-refractivity contribution >= 4 is 21.4 Å². The largest absolute Gasteiger partial charge is 0.321 e. The van der Waals surface area contributed by atoms with Crippen LogP contribution in [0.3, 0.4) is 0 Å². The van der Waals surface area contributed by atoms with Gasteiger partial charge in [0.2, 0.25) is 0 Å². The molecule has 0 saturated heterocycles. The summed E-state index contributed by atoms with van der Waals surface area (Å²) in [5.41, 5.74) is 10.1. The third-order valence-corrected chi connectivity index (χ3v) is 4.89. The molecule has 3 rings (SSSR count). The third kappa shape index (κ3) is 2.37. The molecule has 0 bridgehead atoms. The Balaban J connectivity index is 1.99. The Morgan fingerprint density at radius 3 is 2.55 bits per heavy atom. The van der Waals surface area contributed by atoms with Crippen LogP contribution >= 0.6 is 11.3 Å². The van der Waals surface area contributed by atoms with Gasteiger partial charge in [-0.25, -0.2) is 0 Å². The molecule has 0 saturated carbocycles. The van der Waals surface area contributed by atoms with Crippen molar-refractivity contribution in [3.8, 4) is 0 Å². The van der Waals surface area contributed by atoms with Crippen molar-refractivity contribution in [3.63, 3.8) is 0 Å². The molecule has 0 aliphatic heterocycles. The second-order valence-electron chi connectivity index (χ2n) is 5.67. The first-order valence-corrected chi connectivity index (χ1v) is 7.76. The highest BCUT2D eigenvalue weighted by atomic mass is 32.1. The van der Waals surface area contributed by atoms with Crippen molar-refractivity contribution in [3.05, 3.63) is 70.6 Å². The van der Waals surface area contributed by atoms with E-state index in [0.717, 1.165) is 6.42 Å². The Hall–Kier alpha value is -1.64. The van der Waals surface area contributed by atoms with E-state index in [1.807, 2.05) is 0 Å². The first-order valence-electron chi connectivity index (χ1n) is 6.88. The summed E-state index contributed by atoms with van der Waals surface area (Å²) < 4.78 is 1.34. The molecule has 0 spiro atoms. The van der Waals surface area contributed by atoms with Gasteiger partial charge in [-0.3, -0.25) is 0 Å². The maximum absolute atomic E-state index is 6.63. The standard InChI is InChI=1S/C18H19NS/c1-13-7-3-5-9-16(13)18(2,19)11-14-12-20-17-10-6-4-8-15(14)17/h3-10,12H,11,19H2,1-2H3. The second-order valence-corrected chi connectivity index (χ2v) is 6.58. The van der Waals surface area contributed by atoms with Gasteiger partial charge < -0.3 is 5.73 Å². The summed E-state index contributed by atoms with van der Waals surface area (Å²) in [7, 11) is 0. The SMILES string of the molecule is Cc1ccccc1C(C)(N)Cc1csc2ccccc12. The molecule has 2 N–H and O–H groups in total. The summed E-state index contributed by atoms with van der Waals surface area (Å²) in [6, 6.07) is 17.0. The summed E-state index contributed by atoms with van der Waals surface area (Å²) in [6.45, 7) is 4.26. The lowest BCUT2D eigenvalue weighted by atomic mass is 9.84. The number of fused-ring (bicyclic) bond motifs is 1. The van der Waals surface area contributed by atoms with Gasteiger partial charge >= 0.3 is 0 Å². The Kier molecular flexibility index (Phi) is 3.36. The molecule has 0 aliphatic rings. The normalized spacial score (nSPS) is 14.3. The van der Waals surface area contributed by atoms with Gasteiger partial charge in [-0.1, -0.05) is 42.5 Å². The lowest BCUT2D eigenvalue weighted by Gasteiger charge is -2.27. The number of nitrogens with two attached hydrogens (primary N) is 1. The minimum absolute atomic E-state index is 0.338. The van der Waals surface area contributed by atoms with E-state index in [4.69, 9.17) is 5.73 Å². The number of aryl methyl sites for hydroxylation is 1. The Morgan fingerprint density at radius 1 is 1.05 bits per heavy atom. The van der Waals surface area contributed by atoms with E-state index < -0.39 is 0 Å². The fourth-order valence-electron chi connectivity index (χ4n) is 2.87. The minimum Gasteiger partial charge on any atom is -0.321 e. The predicted molar refractivity (Wildman–Crippen MR) is 88.2 cm³/mol. The van der Waals surface area contributed by atoms with Crippen molar-refractivity contribution in [2.75, 3.05) is 0 Å². The number of rotatable bonds is 3. The molecule has 0 fully saturated rings. The molecular weight excluding hydrogens is 262 g/mol. The fraction of sp³-hybridized carbons (Fsp3) is 0.222. The molecule has 3 aromatic rings. The Labute approximate surface area is 124 Å². The van der Waals surface area contributed by atoms with Crippen LogP contribution in [-0.2, 0) is 12.0 Å². The zero-order chi connectivity index (χ0) is 14.2. The molecule has 0 aliphatic carbocycles. The molecule has 0 amide bonds. The highest BCUT2D eigenvalue weighted by molar-refractivity contribution is 7.17. The van der Waals surface area contributed by atoms with Gasteiger partial charge in [0.1, 0.15) is 0 Å². The highest BCUT2D eigenvalue weighted by Gasteiger charge is 2.24. The van der Waals surface area contributed by atoms with Crippen LogP contribution in [0.15, 0.2) is 53.9 Å². The average Bonchev–Trinajstić information content (AvgIpc) is 2.82. The Bertz CT molecular complexity index is 740. The van der Waals surface area contributed by atoms with E-state index in [0.29, 0.717) is 0 Å². The summed E-state index contributed by atoms with van der Waals surface area (Å²) in [5.74, 6) is 0. The minimum atomic E-state index is -0.338. The first-order chi connectivity index (χ1) is 9.58. The quantitative estimate of drug-likeness (QED) is 0.744. The van der Waals surface area contributed by atoms with Crippen LogP contribution in [0, 0.1) is 6.92 Å². The molecule has 1 heterocycles. The number of thiophene rings is 1. The van der Waals surface area contributed by atoms with Crippen LogP contribution in [0.25, 0.3) is 10.1 Å². The second kappa shape index (κ2) is 5.04. The van der Waals surface area contributed by atoms with Crippen LogP contribution in [0.5, 0.6) is 0 Å². The molecule has 0 radical (unpaired) electrons. The monoisotopic (exact) mass is 281 g/mol. The fourth-order valence-corrected chi connectivity index (χ4v) is 3.84. The van der Waals surface area contributed by atoms with Gasteiger partial charge in [-0.05, 0) is 53.8 Å². The first kappa shape index (κ1) is 13.3. The highest BCUT2D eigenvalue weighted by Crippen LogP contribution is 2.32. The molecule has 1 unspecified atom stereocenters. The Morgan fingerprint density at radius 2 is 1.75 bits per heavy atom. The van der Waals surface area contributed by atoms with Gasteiger partial charge in [-0.2, -0.15) is 0 Å². The molecule has 2 heteroatoms. The lowest BCUT2D eigenvalue weighted by Crippen LogP contribution is -2.36. The summed E-state index contributed by atoms with van der Waals surface area (Å²) in [5, 5.41) is 3.58. The summed E-state index contributed by atoms with van der Waals surface area (Å²) in [6.07, 6.45) is 0.863. The van der Waals surface area contributed by atoms with Gasteiger partial charge in [0.05, 0.1) is 0 Å². The van der Waals surface area contributed by atoms with E-state index in [1.165, 1.54) is 26.8 Å². The number of benzene rings is 2. The molecule has 20 heavy (non-hydrogen) atoms. The lowest BCUT2D eigenvalue weighted by molar-refractivity contribution is 0.491. The van der Waals surface area contributed by atoms with Gasteiger partial charge in [0, 0.05) is 10.2 Å². The van der Waals surface area contributed by atoms with Crippen LogP contribution < -0.4 is 5.73 Å². The summed E-state index contributed by atoms with van der Waals surface area (Å²) >= 11 is 1.80. The van der Waals surface area contributed by atoms with Crippen LogP contribution in [0.2, 0.25) is 0 Å². The maximum Gasteiger partial charge on any atom is 0.0424 e. The van der Waals surface area contributed by atoms with E-state index in [1.54, 1.807) is 11.3 Å². The van der Waals surface area contributed by atoms with Crippen molar-refractivity contribution in [1.82, 2.24) is 0 Å². The summed E-state index contributed by atoms with van der Waals surface area (Å²) in [4.78, 5) is 0. The van der Waals surface area contributed by atoms with Gasteiger partial charge in [-0.15, -0.1) is 11.3 Å². The molecule has 2 aromatic carbocycles. The zero-order valence-electron chi connectivity index (χ0n) is 11.9. The topological polar surface area (TPSA) is 26.0 Å². The third-order valence-electron chi connectivity index (χ3n) is 3.88. The van der Waals surface area contributed by atoms with Crippen LogP contribution in [0.1, 0.15) is 23.6 Å². The van der Waals surface area contributed by atoms with E-state index in [9.17, 15) is 0 Å². The van der Waals surface area contributed by atoms with Crippen molar-refractivity contribution in [2.45, 2.75) is 25.8 Å². The predicted octanol–water partition coefficient (Wildman–Crippen LogP) is 4.63.